The highest BCUT2D eigenvalue weighted by Crippen LogP contribution is 2.05. The number of hydrogen-bond donors (Lipinski definition) is 4. The minimum atomic E-state index is -1.02. The van der Waals surface area contributed by atoms with Crippen LogP contribution in [0, 0.1) is 6.92 Å². The number of carboxylic acid groups (broad SMARTS) is 1. The third kappa shape index (κ3) is 3.84. The summed E-state index contributed by atoms with van der Waals surface area (Å²) in [7, 11) is 0. The van der Waals surface area contributed by atoms with Gasteiger partial charge in [0.05, 0.1) is 5.69 Å². The van der Waals surface area contributed by atoms with E-state index >= 15 is 0 Å². The van der Waals surface area contributed by atoms with Crippen LogP contribution in [0.3, 0.4) is 0 Å². The Morgan fingerprint density at radius 1 is 1.62 bits per heavy atom. The van der Waals surface area contributed by atoms with E-state index in [9.17, 15) is 4.79 Å². The summed E-state index contributed by atoms with van der Waals surface area (Å²) in [6.45, 7) is 2.57. The second kappa shape index (κ2) is 5.43. The first-order chi connectivity index (χ1) is 7.49. The van der Waals surface area contributed by atoms with Crippen molar-refractivity contribution in [3.8, 4) is 0 Å². The highest BCUT2D eigenvalue weighted by atomic mass is 16.4. The molecule has 0 spiro atoms. The van der Waals surface area contributed by atoms with Gasteiger partial charge in [-0.05, 0) is 24.6 Å². The number of aryl methyl sites for hydroxylation is 1. The molecule has 0 saturated carbocycles. The minimum Gasteiger partial charge on any atom is -0.480 e. The lowest BCUT2D eigenvalue weighted by Gasteiger charge is -2.08. The van der Waals surface area contributed by atoms with Gasteiger partial charge in [0, 0.05) is 13.1 Å². The van der Waals surface area contributed by atoms with Crippen molar-refractivity contribution in [1.29, 1.82) is 0 Å². The minimum absolute atomic E-state index is 0.199. The summed E-state index contributed by atoms with van der Waals surface area (Å²) in [6.07, 6.45) is 0. The number of carbonyl (C=O) groups is 1. The first kappa shape index (κ1) is 12.4. The molecule has 88 valence electrons. The Morgan fingerprint density at radius 2 is 2.31 bits per heavy atom. The van der Waals surface area contributed by atoms with Crippen LogP contribution < -0.4 is 16.8 Å². The van der Waals surface area contributed by atoms with E-state index in [1.165, 1.54) is 0 Å². The van der Waals surface area contributed by atoms with Crippen LogP contribution >= 0.6 is 0 Å². The summed E-state index contributed by atoms with van der Waals surface area (Å²) in [4.78, 5) is 14.6. The standard InChI is InChI=1S/C10H16N4O2/c1-6-2-7(14-9(12)3-6)4-13-5-8(11)10(15)16/h2-3,8,13H,4-5,11H2,1H3,(H2,12,14)(H,15,16)/t8-/m0/s1. The second-order valence-electron chi connectivity index (χ2n) is 3.64. The van der Waals surface area contributed by atoms with Gasteiger partial charge < -0.3 is 21.9 Å². The number of pyridine rings is 1. The Balaban J connectivity index is 2.46. The van der Waals surface area contributed by atoms with Crippen molar-refractivity contribution >= 4 is 11.8 Å². The van der Waals surface area contributed by atoms with Crippen LogP contribution in [0.15, 0.2) is 12.1 Å². The van der Waals surface area contributed by atoms with E-state index in [0.717, 1.165) is 11.3 Å². The van der Waals surface area contributed by atoms with Gasteiger partial charge in [0.1, 0.15) is 11.9 Å². The van der Waals surface area contributed by atoms with Crippen molar-refractivity contribution in [2.45, 2.75) is 19.5 Å². The van der Waals surface area contributed by atoms with Gasteiger partial charge in [-0.1, -0.05) is 0 Å². The Hall–Kier alpha value is -1.66. The molecule has 1 heterocycles. The summed E-state index contributed by atoms with van der Waals surface area (Å²) in [5.74, 6) is -0.566. The lowest BCUT2D eigenvalue weighted by atomic mass is 10.2. The maximum Gasteiger partial charge on any atom is 0.321 e. The summed E-state index contributed by atoms with van der Waals surface area (Å²) >= 11 is 0. The summed E-state index contributed by atoms with van der Waals surface area (Å²) in [5, 5.41) is 11.5. The Labute approximate surface area is 93.7 Å². The van der Waals surface area contributed by atoms with E-state index in [-0.39, 0.29) is 6.54 Å². The van der Waals surface area contributed by atoms with Crippen molar-refractivity contribution in [1.82, 2.24) is 10.3 Å². The van der Waals surface area contributed by atoms with Gasteiger partial charge >= 0.3 is 5.97 Å². The molecule has 1 rings (SSSR count). The van der Waals surface area contributed by atoms with E-state index < -0.39 is 12.0 Å². The predicted octanol–water partition coefficient (Wildman–Crippen LogP) is -0.526. The fraction of sp³-hybridized carbons (Fsp3) is 0.400. The number of nitrogen functional groups attached to an aromatic ring is 1. The number of nitrogens with one attached hydrogen (secondary N) is 1. The topological polar surface area (TPSA) is 114 Å². The van der Waals surface area contributed by atoms with Crippen LogP contribution in [-0.4, -0.2) is 28.6 Å². The monoisotopic (exact) mass is 224 g/mol. The number of aliphatic carboxylic acids is 1. The highest BCUT2D eigenvalue weighted by molar-refractivity contribution is 5.73. The molecule has 0 aliphatic rings. The summed E-state index contributed by atoms with van der Waals surface area (Å²) in [5.41, 5.74) is 12.7. The molecule has 6 nitrogen and oxygen atoms in total. The van der Waals surface area contributed by atoms with Gasteiger partial charge in [-0.25, -0.2) is 4.98 Å². The lowest BCUT2D eigenvalue weighted by Crippen LogP contribution is -2.40. The van der Waals surface area contributed by atoms with Gasteiger partial charge in [-0.3, -0.25) is 4.79 Å². The van der Waals surface area contributed by atoms with E-state index in [1.807, 2.05) is 13.0 Å². The highest BCUT2D eigenvalue weighted by Gasteiger charge is 2.10. The maximum atomic E-state index is 10.4. The molecule has 6 heteroatoms. The van der Waals surface area contributed by atoms with Crippen LogP contribution in [0.25, 0.3) is 0 Å². The SMILES string of the molecule is Cc1cc(N)nc(CNC[C@H](N)C(=O)O)c1. The zero-order valence-electron chi connectivity index (χ0n) is 9.10. The number of aromatic nitrogens is 1. The fourth-order valence-electron chi connectivity index (χ4n) is 1.30. The number of anilines is 1. The maximum absolute atomic E-state index is 10.4. The molecule has 0 fully saturated rings. The summed E-state index contributed by atoms with van der Waals surface area (Å²) < 4.78 is 0. The Kier molecular flexibility index (Phi) is 4.21. The smallest absolute Gasteiger partial charge is 0.321 e. The van der Waals surface area contributed by atoms with Crippen LogP contribution in [-0.2, 0) is 11.3 Å². The average molecular weight is 224 g/mol. The van der Waals surface area contributed by atoms with Crippen molar-refractivity contribution in [3.63, 3.8) is 0 Å². The fourth-order valence-corrected chi connectivity index (χ4v) is 1.30. The van der Waals surface area contributed by atoms with Crippen molar-refractivity contribution < 1.29 is 9.90 Å². The molecule has 0 aromatic carbocycles. The Morgan fingerprint density at radius 3 is 2.88 bits per heavy atom. The third-order valence-electron chi connectivity index (χ3n) is 2.03. The average Bonchev–Trinajstić information content (AvgIpc) is 2.15. The molecule has 16 heavy (non-hydrogen) atoms. The molecule has 0 amide bonds. The van der Waals surface area contributed by atoms with E-state index in [1.54, 1.807) is 6.07 Å². The van der Waals surface area contributed by atoms with Crippen LogP contribution in [0.5, 0.6) is 0 Å². The molecule has 0 aliphatic heterocycles. The van der Waals surface area contributed by atoms with Gasteiger partial charge in [-0.2, -0.15) is 0 Å². The van der Waals surface area contributed by atoms with Crippen LogP contribution in [0.4, 0.5) is 5.82 Å². The first-order valence-electron chi connectivity index (χ1n) is 4.91. The molecule has 0 radical (unpaired) electrons. The summed E-state index contributed by atoms with van der Waals surface area (Å²) in [6, 6.07) is 2.75. The van der Waals surface area contributed by atoms with Gasteiger partial charge in [0.25, 0.3) is 0 Å². The van der Waals surface area contributed by atoms with Crippen LogP contribution in [0.1, 0.15) is 11.3 Å². The van der Waals surface area contributed by atoms with Crippen LogP contribution in [0.2, 0.25) is 0 Å². The molecule has 1 aromatic heterocycles. The molecule has 1 atom stereocenters. The third-order valence-corrected chi connectivity index (χ3v) is 2.03. The predicted molar refractivity (Wildman–Crippen MR) is 60.7 cm³/mol. The first-order valence-corrected chi connectivity index (χ1v) is 4.91. The molecule has 0 aliphatic carbocycles. The number of carboxylic acids is 1. The number of hydrogen-bond acceptors (Lipinski definition) is 5. The van der Waals surface area contributed by atoms with Gasteiger partial charge in [-0.15, -0.1) is 0 Å². The number of rotatable bonds is 5. The molecule has 0 unspecified atom stereocenters. The largest absolute Gasteiger partial charge is 0.480 e. The molecular weight excluding hydrogens is 208 g/mol. The van der Waals surface area contributed by atoms with Gasteiger partial charge in [0.15, 0.2) is 0 Å². The van der Waals surface area contributed by atoms with Crippen molar-refractivity contribution in [3.05, 3.63) is 23.4 Å². The number of nitrogens with zero attached hydrogens (tertiary/aromatic N) is 1. The van der Waals surface area contributed by atoms with Crippen molar-refractivity contribution in [2.75, 3.05) is 12.3 Å². The lowest BCUT2D eigenvalue weighted by molar-refractivity contribution is -0.138. The molecule has 6 N–H and O–H groups in total. The molecule has 0 saturated heterocycles. The van der Waals surface area contributed by atoms with E-state index in [2.05, 4.69) is 10.3 Å². The zero-order chi connectivity index (χ0) is 12.1. The quantitative estimate of drug-likeness (QED) is 0.534. The van der Waals surface area contributed by atoms with Crippen molar-refractivity contribution in [2.24, 2.45) is 5.73 Å². The molecule has 1 aromatic rings. The Bertz CT molecular complexity index is 361. The molecular formula is C10H16N4O2. The van der Waals surface area contributed by atoms with Gasteiger partial charge in [0.2, 0.25) is 0 Å². The zero-order valence-corrected chi connectivity index (χ0v) is 9.10. The van der Waals surface area contributed by atoms with E-state index in [0.29, 0.717) is 12.4 Å². The van der Waals surface area contributed by atoms with E-state index in [4.69, 9.17) is 16.6 Å². The second-order valence-corrected chi connectivity index (χ2v) is 3.64. The normalized spacial score (nSPS) is 12.4. The number of nitrogens with two attached hydrogens (primary N) is 2. The molecule has 0 bridgehead atoms.